The maximum absolute atomic E-state index is 13.6. The molecule has 0 aliphatic carbocycles. The molecule has 1 unspecified atom stereocenters. The van der Waals surface area contributed by atoms with Crippen molar-refractivity contribution in [2.24, 2.45) is 0 Å². The van der Waals surface area contributed by atoms with E-state index in [1.54, 1.807) is 17.0 Å². The van der Waals surface area contributed by atoms with Crippen molar-refractivity contribution >= 4 is 35.0 Å². The number of alkyl halides is 3. The number of amides is 2. The molecule has 1 saturated heterocycles. The third kappa shape index (κ3) is 9.10. The van der Waals surface area contributed by atoms with Crippen molar-refractivity contribution in [1.82, 2.24) is 20.9 Å². The van der Waals surface area contributed by atoms with Crippen LogP contribution in [-0.2, 0) is 4.79 Å². The van der Waals surface area contributed by atoms with Crippen molar-refractivity contribution in [3.05, 3.63) is 69.7 Å². The van der Waals surface area contributed by atoms with Gasteiger partial charge in [-0.15, -0.1) is 0 Å². The van der Waals surface area contributed by atoms with E-state index in [1.807, 2.05) is 30.3 Å². The second-order valence-corrected chi connectivity index (χ2v) is 10.7. The summed E-state index contributed by atoms with van der Waals surface area (Å²) in [6.45, 7) is 4.34. The molecule has 3 N–H and O–H groups in total. The highest BCUT2D eigenvalue weighted by molar-refractivity contribution is 6.42. The smallest absolute Gasteiger partial charge is 0.350 e. The largest absolute Gasteiger partial charge is 0.403 e. The summed E-state index contributed by atoms with van der Waals surface area (Å²) in [5.74, 6) is -0.357. The van der Waals surface area contributed by atoms with E-state index in [2.05, 4.69) is 22.9 Å². The summed E-state index contributed by atoms with van der Waals surface area (Å²) in [5, 5.41) is 9.24. The van der Waals surface area contributed by atoms with Crippen LogP contribution in [0.25, 0.3) is 0 Å². The Kier molecular flexibility index (Phi) is 11.5. The zero-order chi connectivity index (χ0) is 28.6. The first-order valence-corrected chi connectivity index (χ1v) is 13.9. The van der Waals surface area contributed by atoms with Gasteiger partial charge < -0.3 is 20.9 Å². The van der Waals surface area contributed by atoms with Crippen LogP contribution in [0.2, 0.25) is 10.0 Å². The highest BCUT2D eigenvalue weighted by atomic mass is 35.5. The molecule has 39 heavy (non-hydrogen) atoms. The molecule has 2 aromatic rings. The fourth-order valence-electron chi connectivity index (χ4n) is 4.61. The van der Waals surface area contributed by atoms with Crippen molar-refractivity contribution < 1.29 is 22.8 Å². The molecule has 214 valence electrons. The maximum atomic E-state index is 13.6. The molecule has 0 aromatic heterocycles. The van der Waals surface area contributed by atoms with E-state index in [4.69, 9.17) is 23.2 Å². The lowest BCUT2D eigenvalue weighted by Crippen LogP contribution is -2.51. The molecular formula is C28H35Cl2F3N4O2. The summed E-state index contributed by atoms with van der Waals surface area (Å²) in [6, 6.07) is 11.9. The molecular weight excluding hydrogens is 552 g/mol. The minimum absolute atomic E-state index is 0.0101. The molecule has 0 saturated carbocycles. The Hall–Kier alpha value is -2.33. The normalized spacial score (nSPS) is 19.9. The summed E-state index contributed by atoms with van der Waals surface area (Å²) >= 11 is 12.0. The minimum Gasteiger partial charge on any atom is -0.350 e. The summed E-state index contributed by atoms with van der Waals surface area (Å²) in [5.41, 5.74) is 1.49. The van der Waals surface area contributed by atoms with Gasteiger partial charge in [-0.2, -0.15) is 13.2 Å². The Morgan fingerprint density at radius 1 is 1.15 bits per heavy atom. The molecule has 2 aromatic carbocycles. The van der Waals surface area contributed by atoms with Crippen molar-refractivity contribution in [2.45, 2.75) is 63.3 Å². The van der Waals surface area contributed by atoms with E-state index < -0.39 is 18.3 Å². The summed E-state index contributed by atoms with van der Waals surface area (Å²) in [7, 11) is 0. The first kappa shape index (κ1) is 31.2. The topological polar surface area (TPSA) is 73.5 Å². The molecule has 1 fully saturated rings. The molecule has 11 heteroatoms. The van der Waals surface area contributed by atoms with Crippen LogP contribution < -0.4 is 16.0 Å². The standard InChI is InChI=1S/C28H35Cl2F3N4O2/c1-3-19(20-7-5-4-6-8-20)17-37-14-12-22(16-35-26(38)21-9-10-23(29)24(30)15-21)36-25(27(37)39)11-13-34-18(2)28(31,32)33/h4-10,15,18-19,22,25,34,36H,3,11-14,16-17H2,1-2H3,(H,35,38)/t18?,19-,22-,25-/m1/s1. The quantitative estimate of drug-likeness (QED) is 0.329. The fourth-order valence-corrected chi connectivity index (χ4v) is 4.91. The predicted molar refractivity (Wildman–Crippen MR) is 148 cm³/mol. The maximum Gasteiger partial charge on any atom is 0.403 e. The van der Waals surface area contributed by atoms with Crippen LogP contribution in [-0.4, -0.2) is 67.2 Å². The van der Waals surface area contributed by atoms with Gasteiger partial charge in [0.2, 0.25) is 5.91 Å². The van der Waals surface area contributed by atoms with Crippen LogP contribution in [0, 0.1) is 0 Å². The van der Waals surface area contributed by atoms with Crippen LogP contribution in [0.1, 0.15) is 54.9 Å². The second kappa shape index (κ2) is 14.3. The van der Waals surface area contributed by atoms with Crippen LogP contribution >= 0.6 is 23.2 Å². The van der Waals surface area contributed by atoms with Gasteiger partial charge in [-0.1, -0.05) is 60.5 Å². The minimum atomic E-state index is -4.37. The van der Waals surface area contributed by atoms with Gasteiger partial charge in [-0.05, 0) is 56.5 Å². The van der Waals surface area contributed by atoms with Gasteiger partial charge in [0.1, 0.15) is 6.04 Å². The summed E-state index contributed by atoms with van der Waals surface area (Å²) < 4.78 is 38.9. The predicted octanol–water partition coefficient (Wildman–Crippen LogP) is 5.41. The molecule has 0 radical (unpaired) electrons. The van der Waals surface area contributed by atoms with Gasteiger partial charge in [-0.25, -0.2) is 0 Å². The molecule has 6 nitrogen and oxygen atoms in total. The van der Waals surface area contributed by atoms with Gasteiger partial charge in [0.25, 0.3) is 5.91 Å². The summed E-state index contributed by atoms with van der Waals surface area (Å²) in [4.78, 5) is 28.1. The van der Waals surface area contributed by atoms with Crippen LogP contribution in [0.5, 0.6) is 0 Å². The monoisotopic (exact) mass is 586 g/mol. The number of carbonyl (C=O) groups is 2. The Labute approximate surface area is 237 Å². The Balaban J connectivity index is 1.70. The van der Waals surface area contributed by atoms with Crippen LogP contribution in [0.15, 0.2) is 48.5 Å². The van der Waals surface area contributed by atoms with E-state index in [-0.39, 0.29) is 48.3 Å². The van der Waals surface area contributed by atoms with Crippen molar-refractivity contribution in [3.8, 4) is 0 Å². The number of hydrogen-bond donors (Lipinski definition) is 3. The van der Waals surface area contributed by atoms with Crippen LogP contribution in [0.3, 0.4) is 0 Å². The fraction of sp³-hybridized carbons (Fsp3) is 0.500. The highest BCUT2D eigenvalue weighted by Crippen LogP contribution is 2.24. The molecule has 3 rings (SSSR count). The first-order valence-electron chi connectivity index (χ1n) is 13.1. The Morgan fingerprint density at radius 2 is 1.87 bits per heavy atom. The lowest BCUT2D eigenvalue weighted by Gasteiger charge is -2.29. The van der Waals surface area contributed by atoms with Gasteiger partial charge >= 0.3 is 6.18 Å². The number of rotatable bonds is 11. The average Bonchev–Trinajstić information content (AvgIpc) is 3.05. The third-order valence-corrected chi connectivity index (χ3v) is 7.80. The number of halogens is 5. The van der Waals surface area contributed by atoms with Crippen molar-refractivity contribution in [1.29, 1.82) is 0 Å². The zero-order valence-corrected chi connectivity index (χ0v) is 23.5. The lowest BCUT2D eigenvalue weighted by atomic mass is 9.95. The molecule has 4 atom stereocenters. The van der Waals surface area contributed by atoms with Crippen molar-refractivity contribution in [2.75, 3.05) is 26.2 Å². The second-order valence-electron chi connectivity index (χ2n) is 9.85. The third-order valence-electron chi connectivity index (χ3n) is 7.06. The Morgan fingerprint density at radius 3 is 2.51 bits per heavy atom. The number of nitrogens with zero attached hydrogens (tertiary/aromatic N) is 1. The number of hydrogen-bond acceptors (Lipinski definition) is 4. The van der Waals surface area contributed by atoms with E-state index in [9.17, 15) is 22.8 Å². The zero-order valence-electron chi connectivity index (χ0n) is 22.0. The van der Waals surface area contributed by atoms with E-state index >= 15 is 0 Å². The van der Waals surface area contributed by atoms with E-state index in [1.165, 1.54) is 6.07 Å². The molecule has 1 aliphatic rings. The van der Waals surface area contributed by atoms with Crippen LogP contribution in [0.4, 0.5) is 13.2 Å². The highest BCUT2D eigenvalue weighted by Gasteiger charge is 2.36. The first-order chi connectivity index (χ1) is 18.5. The van der Waals surface area contributed by atoms with Crippen molar-refractivity contribution in [3.63, 3.8) is 0 Å². The van der Waals surface area contributed by atoms with E-state index in [0.29, 0.717) is 30.1 Å². The van der Waals surface area contributed by atoms with Gasteiger partial charge in [0.15, 0.2) is 0 Å². The number of benzene rings is 2. The number of carbonyl (C=O) groups excluding carboxylic acids is 2. The lowest BCUT2D eigenvalue weighted by molar-refractivity contribution is -0.151. The molecule has 1 heterocycles. The summed E-state index contributed by atoms with van der Waals surface area (Å²) in [6.07, 6.45) is -2.79. The Bertz CT molecular complexity index is 1100. The molecule has 0 bridgehead atoms. The molecule has 0 spiro atoms. The molecule has 2 amide bonds. The average molecular weight is 588 g/mol. The number of nitrogens with one attached hydrogen (secondary N) is 3. The van der Waals surface area contributed by atoms with Gasteiger partial charge in [0, 0.05) is 37.2 Å². The van der Waals surface area contributed by atoms with Gasteiger partial charge in [-0.3, -0.25) is 9.59 Å². The van der Waals surface area contributed by atoms with Gasteiger partial charge in [0.05, 0.1) is 16.1 Å². The van der Waals surface area contributed by atoms with E-state index in [0.717, 1.165) is 18.9 Å². The SMILES string of the molecule is CC[C@H](CN1CC[C@H](CNC(=O)c2ccc(Cl)c(Cl)c2)N[C@H](CCNC(C)C(F)(F)F)C1=O)c1ccccc1. The molecule has 1 aliphatic heterocycles.